The molecule has 0 radical (unpaired) electrons. The van der Waals surface area contributed by atoms with Gasteiger partial charge in [0, 0.05) is 23.9 Å². The lowest BCUT2D eigenvalue weighted by Gasteiger charge is -2.16. The monoisotopic (exact) mass is 369 g/mol. The van der Waals surface area contributed by atoms with Crippen molar-refractivity contribution >= 4 is 16.6 Å². The van der Waals surface area contributed by atoms with E-state index in [0.29, 0.717) is 16.8 Å². The summed E-state index contributed by atoms with van der Waals surface area (Å²) in [6.45, 7) is 2.28. The standard InChI is InChI=1S/C19H19N3O3S/c1-3-15-7-8-18-19(14-6-4-5-13(9-14)10-20)16(12-26(23)24)17(11-25-2)21-22(15)18/h4-9H,3,11-12H2,1-2H3,(H,23,24). The quantitative estimate of drug-likeness (QED) is 0.674. The topological polar surface area (TPSA) is 87.6 Å². The number of nitrogens with zero attached hydrogens (tertiary/aromatic N) is 3. The third-order valence-electron chi connectivity index (χ3n) is 4.25. The van der Waals surface area contributed by atoms with Gasteiger partial charge < -0.3 is 9.29 Å². The van der Waals surface area contributed by atoms with Gasteiger partial charge in [-0.25, -0.2) is 8.72 Å². The van der Waals surface area contributed by atoms with Crippen molar-refractivity contribution in [2.75, 3.05) is 7.11 Å². The smallest absolute Gasteiger partial charge is 0.157 e. The van der Waals surface area contributed by atoms with E-state index < -0.39 is 11.1 Å². The van der Waals surface area contributed by atoms with E-state index in [9.17, 15) is 14.0 Å². The molecule has 0 aliphatic heterocycles. The van der Waals surface area contributed by atoms with Crippen LogP contribution in [0.1, 0.15) is 29.4 Å². The molecule has 6 nitrogen and oxygen atoms in total. The molecular weight excluding hydrogens is 350 g/mol. The summed E-state index contributed by atoms with van der Waals surface area (Å²) in [5.74, 6) is -0.0546. The van der Waals surface area contributed by atoms with Crippen molar-refractivity contribution in [1.29, 1.82) is 5.26 Å². The Morgan fingerprint density at radius 3 is 2.81 bits per heavy atom. The van der Waals surface area contributed by atoms with Gasteiger partial charge in [0.1, 0.15) is 0 Å². The third kappa shape index (κ3) is 3.40. The number of benzene rings is 1. The fourth-order valence-electron chi connectivity index (χ4n) is 3.12. The third-order valence-corrected chi connectivity index (χ3v) is 4.79. The van der Waals surface area contributed by atoms with Gasteiger partial charge in [-0.2, -0.15) is 10.4 Å². The number of methoxy groups -OCH3 is 1. The van der Waals surface area contributed by atoms with Gasteiger partial charge in [0.25, 0.3) is 0 Å². The van der Waals surface area contributed by atoms with Gasteiger partial charge in [0.05, 0.1) is 35.2 Å². The first-order valence-electron chi connectivity index (χ1n) is 8.18. The predicted octanol–water partition coefficient (Wildman–Crippen LogP) is 3.30. The number of aryl methyl sites for hydroxylation is 1. The summed E-state index contributed by atoms with van der Waals surface area (Å²) in [5, 5.41) is 13.9. The Labute approximate surface area is 154 Å². The Balaban J connectivity index is 2.40. The maximum Gasteiger partial charge on any atom is 0.157 e. The Kier molecular flexibility index (Phi) is 5.47. The minimum atomic E-state index is -2.03. The summed E-state index contributed by atoms with van der Waals surface area (Å²) in [6, 6.07) is 13.3. The molecule has 1 aromatic carbocycles. The fraction of sp³-hybridized carbons (Fsp3) is 0.263. The van der Waals surface area contributed by atoms with Crippen molar-refractivity contribution in [3.05, 3.63) is 58.9 Å². The molecule has 26 heavy (non-hydrogen) atoms. The predicted molar refractivity (Wildman–Crippen MR) is 99.9 cm³/mol. The summed E-state index contributed by atoms with van der Waals surface area (Å²) < 4.78 is 28.3. The van der Waals surface area contributed by atoms with Crippen LogP contribution in [0.25, 0.3) is 16.6 Å². The molecule has 1 N–H and O–H groups in total. The second-order valence-corrected chi connectivity index (χ2v) is 6.80. The van der Waals surface area contributed by atoms with Gasteiger partial charge in [0.2, 0.25) is 0 Å². The maximum absolute atomic E-state index is 11.6. The second-order valence-electron chi connectivity index (χ2n) is 5.87. The van der Waals surface area contributed by atoms with E-state index in [-0.39, 0.29) is 12.4 Å². The molecule has 0 spiro atoms. The summed E-state index contributed by atoms with van der Waals surface area (Å²) in [7, 11) is 1.57. The van der Waals surface area contributed by atoms with Crippen LogP contribution >= 0.6 is 0 Å². The van der Waals surface area contributed by atoms with Gasteiger partial charge >= 0.3 is 0 Å². The first-order valence-corrected chi connectivity index (χ1v) is 9.45. The zero-order chi connectivity index (χ0) is 18.7. The lowest BCUT2D eigenvalue weighted by molar-refractivity contribution is 0.179. The van der Waals surface area contributed by atoms with Crippen molar-refractivity contribution in [2.45, 2.75) is 25.7 Å². The van der Waals surface area contributed by atoms with E-state index in [1.807, 2.05) is 35.7 Å². The molecule has 0 aliphatic carbocycles. The highest BCUT2D eigenvalue weighted by molar-refractivity contribution is 7.78. The summed E-state index contributed by atoms with van der Waals surface area (Å²) >= 11 is -2.03. The molecule has 0 aliphatic rings. The largest absolute Gasteiger partial charge is 0.378 e. The highest BCUT2D eigenvalue weighted by Crippen LogP contribution is 2.33. The molecule has 134 valence electrons. The van der Waals surface area contributed by atoms with Crippen LogP contribution in [0.2, 0.25) is 0 Å². The van der Waals surface area contributed by atoms with Gasteiger partial charge in [-0.3, -0.25) is 0 Å². The van der Waals surface area contributed by atoms with Gasteiger partial charge in [-0.1, -0.05) is 19.1 Å². The van der Waals surface area contributed by atoms with Crippen LogP contribution in [0.4, 0.5) is 0 Å². The first kappa shape index (κ1) is 18.3. The lowest BCUT2D eigenvalue weighted by atomic mass is 9.98. The van der Waals surface area contributed by atoms with Crippen molar-refractivity contribution in [2.24, 2.45) is 0 Å². The van der Waals surface area contributed by atoms with Crippen LogP contribution in [-0.2, 0) is 34.6 Å². The molecule has 2 aromatic heterocycles. The number of nitriles is 1. The molecule has 1 atom stereocenters. The molecule has 0 saturated carbocycles. The van der Waals surface area contributed by atoms with Crippen LogP contribution in [0, 0.1) is 11.3 Å². The van der Waals surface area contributed by atoms with Crippen molar-refractivity contribution in [1.82, 2.24) is 9.61 Å². The van der Waals surface area contributed by atoms with Gasteiger partial charge in [-0.15, -0.1) is 0 Å². The number of hydrogen-bond donors (Lipinski definition) is 1. The molecule has 3 aromatic rings. The molecule has 0 fully saturated rings. The molecule has 1 unspecified atom stereocenters. The highest BCUT2D eigenvalue weighted by atomic mass is 32.2. The van der Waals surface area contributed by atoms with Gasteiger partial charge in [0.15, 0.2) is 11.1 Å². The number of ether oxygens (including phenoxy) is 1. The Morgan fingerprint density at radius 1 is 1.35 bits per heavy atom. The zero-order valence-corrected chi connectivity index (χ0v) is 15.4. The SMILES string of the molecule is CCc1ccc2c(-c3cccc(C#N)c3)c(CS(=O)O)c(COC)nn12. The molecular formula is C19H19N3O3S. The lowest BCUT2D eigenvalue weighted by Crippen LogP contribution is -2.11. The van der Waals surface area contributed by atoms with Gasteiger partial charge in [-0.05, 0) is 36.2 Å². The first-order chi connectivity index (χ1) is 12.6. The highest BCUT2D eigenvalue weighted by Gasteiger charge is 2.20. The second kappa shape index (κ2) is 7.79. The van der Waals surface area contributed by atoms with E-state index in [1.165, 1.54) is 0 Å². The minimum Gasteiger partial charge on any atom is -0.378 e. The number of fused-ring (bicyclic) bond motifs is 1. The van der Waals surface area contributed by atoms with Crippen molar-refractivity contribution in [3.8, 4) is 17.2 Å². The number of rotatable bonds is 6. The fourth-order valence-corrected chi connectivity index (χ4v) is 3.68. The van der Waals surface area contributed by atoms with E-state index in [0.717, 1.165) is 28.8 Å². The molecule has 2 heterocycles. The Bertz CT molecular complexity index is 1020. The summed E-state index contributed by atoms with van der Waals surface area (Å²) in [6.07, 6.45) is 0.802. The van der Waals surface area contributed by atoms with Crippen molar-refractivity contribution in [3.63, 3.8) is 0 Å². The van der Waals surface area contributed by atoms with Crippen LogP contribution in [-0.4, -0.2) is 25.5 Å². The summed E-state index contributed by atoms with van der Waals surface area (Å²) in [4.78, 5) is 0. The molecule has 0 bridgehead atoms. The van der Waals surface area contributed by atoms with E-state index in [4.69, 9.17) is 4.74 Å². The Hall–Kier alpha value is -2.53. The van der Waals surface area contributed by atoms with Crippen LogP contribution in [0.15, 0.2) is 36.4 Å². The Morgan fingerprint density at radius 2 is 2.15 bits per heavy atom. The normalized spacial score (nSPS) is 12.2. The number of hydrogen-bond acceptors (Lipinski definition) is 4. The minimum absolute atomic E-state index is 0.0546. The van der Waals surface area contributed by atoms with E-state index >= 15 is 0 Å². The molecule has 7 heteroatoms. The maximum atomic E-state index is 11.6. The van der Waals surface area contributed by atoms with Crippen LogP contribution in [0.5, 0.6) is 0 Å². The van der Waals surface area contributed by atoms with E-state index in [1.54, 1.807) is 19.2 Å². The average Bonchev–Trinajstić information content (AvgIpc) is 3.04. The molecule has 0 saturated heterocycles. The molecule has 0 amide bonds. The van der Waals surface area contributed by atoms with Crippen LogP contribution in [0.3, 0.4) is 0 Å². The average molecular weight is 369 g/mol. The van der Waals surface area contributed by atoms with E-state index in [2.05, 4.69) is 11.2 Å². The van der Waals surface area contributed by atoms with Crippen LogP contribution < -0.4 is 0 Å². The molecule has 3 rings (SSSR count). The van der Waals surface area contributed by atoms with Crippen molar-refractivity contribution < 1.29 is 13.5 Å². The zero-order valence-electron chi connectivity index (χ0n) is 14.6. The number of aromatic nitrogens is 2. The summed E-state index contributed by atoms with van der Waals surface area (Å²) in [5.41, 5.74) is 5.32.